The van der Waals surface area contributed by atoms with Crippen molar-refractivity contribution in [3.63, 3.8) is 0 Å². The molecule has 0 spiro atoms. The maximum Gasteiger partial charge on any atom is 0.0627 e. The van der Waals surface area contributed by atoms with Crippen LogP contribution in [0.1, 0.15) is 11.3 Å². The Balaban J connectivity index is 2.42. The number of aliphatic imine (C=N–C) groups is 1. The minimum atomic E-state index is 1.07. The number of hydrogen-bond donors (Lipinski definition) is 2. The first-order chi connectivity index (χ1) is 6.81. The molecule has 2 aromatic heterocycles. The number of H-pyrrole nitrogens is 2. The van der Waals surface area contributed by atoms with Crippen molar-refractivity contribution < 1.29 is 0 Å². The molecule has 0 unspecified atom stereocenters. The van der Waals surface area contributed by atoms with Gasteiger partial charge in [-0.2, -0.15) is 0 Å². The van der Waals surface area contributed by atoms with E-state index in [4.69, 9.17) is 0 Å². The lowest BCUT2D eigenvalue weighted by molar-refractivity contribution is 1.30. The molecule has 0 aliphatic carbocycles. The third kappa shape index (κ3) is 1.48. The van der Waals surface area contributed by atoms with Crippen LogP contribution in [0.3, 0.4) is 0 Å². The third-order valence-electron chi connectivity index (χ3n) is 2.20. The van der Waals surface area contributed by atoms with E-state index < -0.39 is 0 Å². The van der Waals surface area contributed by atoms with E-state index in [9.17, 15) is 0 Å². The van der Waals surface area contributed by atoms with Gasteiger partial charge in [0.2, 0.25) is 0 Å². The molecule has 2 rings (SSSR count). The van der Waals surface area contributed by atoms with Gasteiger partial charge in [0.05, 0.1) is 17.1 Å². The van der Waals surface area contributed by atoms with Gasteiger partial charge in [0.15, 0.2) is 0 Å². The van der Waals surface area contributed by atoms with Gasteiger partial charge in [-0.25, -0.2) is 0 Å². The molecule has 2 aromatic rings. The van der Waals surface area contributed by atoms with E-state index in [2.05, 4.69) is 28.0 Å². The maximum absolute atomic E-state index is 3.99. The largest absolute Gasteiger partial charge is 0.360 e. The Labute approximate surface area is 82.9 Å². The van der Waals surface area contributed by atoms with Gasteiger partial charge in [0, 0.05) is 19.5 Å². The fourth-order valence-corrected chi connectivity index (χ4v) is 1.48. The van der Waals surface area contributed by atoms with Gasteiger partial charge in [0.1, 0.15) is 0 Å². The molecule has 3 heteroatoms. The van der Waals surface area contributed by atoms with E-state index in [0.717, 1.165) is 17.1 Å². The van der Waals surface area contributed by atoms with Crippen molar-refractivity contribution in [1.29, 1.82) is 0 Å². The van der Waals surface area contributed by atoms with Crippen LogP contribution in [0.4, 0.5) is 0 Å². The number of aromatic nitrogens is 2. The highest BCUT2D eigenvalue weighted by Gasteiger charge is 2.04. The lowest BCUT2D eigenvalue weighted by Gasteiger charge is -1.90. The Bertz CT molecular complexity index is 435. The molecule has 2 heterocycles. The Kier molecular flexibility index (Phi) is 2.23. The first-order valence-electron chi connectivity index (χ1n) is 4.57. The van der Waals surface area contributed by atoms with E-state index >= 15 is 0 Å². The second-order valence-electron chi connectivity index (χ2n) is 3.25. The lowest BCUT2D eigenvalue weighted by Crippen LogP contribution is -1.83. The number of nitrogens with zero attached hydrogens (tertiary/aromatic N) is 1. The molecular formula is C11H13N3. The monoisotopic (exact) mass is 187 g/mol. The van der Waals surface area contributed by atoms with Crippen molar-refractivity contribution in [2.45, 2.75) is 6.92 Å². The summed E-state index contributed by atoms with van der Waals surface area (Å²) in [6.07, 6.45) is 3.75. The summed E-state index contributed by atoms with van der Waals surface area (Å²) in [4.78, 5) is 10.5. The van der Waals surface area contributed by atoms with Gasteiger partial charge in [-0.15, -0.1) is 0 Å². The Morgan fingerprint density at radius 3 is 2.86 bits per heavy atom. The van der Waals surface area contributed by atoms with Crippen molar-refractivity contribution in [1.82, 2.24) is 9.97 Å². The summed E-state index contributed by atoms with van der Waals surface area (Å²) in [5.74, 6) is 0. The smallest absolute Gasteiger partial charge is 0.0627 e. The fraction of sp³-hybridized carbons (Fsp3) is 0.182. The van der Waals surface area contributed by atoms with Crippen LogP contribution >= 0.6 is 0 Å². The highest BCUT2D eigenvalue weighted by Crippen LogP contribution is 2.18. The second-order valence-corrected chi connectivity index (χ2v) is 3.25. The van der Waals surface area contributed by atoms with Crippen LogP contribution in [0.5, 0.6) is 0 Å². The van der Waals surface area contributed by atoms with Crippen molar-refractivity contribution >= 4 is 6.21 Å². The van der Waals surface area contributed by atoms with Gasteiger partial charge >= 0.3 is 0 Å². The van der Waals surface area contributed by atoms with Gasteiger partial charge in [-0.3, -0.25) is 4.99 Å². The standard InChI is InChI=1S/C11H13N3/c1-8-6-10(9-4-3-5-13-9)14-11(8)7-12-2/h3-7,13-14H,1-2H3. The number of rotatable bonds is 2. The Hall–Kier alpha value is -1.77. The van der Waals surface area contributed by atoms with Crippen LogP contribution in [0.2, 0.25) is 0 Å². The minimum Gasteiger partial charge on any atom is -0.360 e. The van der Waals surface area contributed by atoms with Crippen molar-refractivity contribution in [3.05, 3.63) is 35.7 Å². The zero-order valence-electron chi connectivity index (χ0n) is 8.33. The van der Waals surface area contributed by atoms with Crippen molar-refractivity contribution in [2.75, 3.05) is 7.05 Å². The average Bonchev–Trinajstić information content (AvgIpc) is 2.76. The average molecular weight is 187 g/mol. The molecule has 0 bridgehead atoms. The maximum atomic E-state index is 3.99. The first-order valence-corrected chi connectivity index (χ1v) is 4.57. The Morgan fingerprint density at radius 1 is 1.36 bits per heavy atom. The number of aromatic amines is 2. The molecule has 0 amide bonds. The van der Waals surface area contributed by atoms with Gasteiger partial charge in [-0.1, -0.05) is 0 Å². The van der Waals surface area contributed by atoms with Crippen LogP contribution in [0.25, 0.3) is 11.4 Å². The molecule has 0 aliphatic heterocycles. The van der Waals surface area contributed by atoms with E-state index in [0.29, 0.717) is 0 Å². The van der Waals surface area contributed by atoms with E-state index in [-0.39, 0.29) is 0 Å². The van der Waals surface area contributed by atoms with Crippen LogP contribution < -0.4 is 0 Å². The summed E-state index contributed by atoms with van der Waals surface area (Å²) in [6, 6.07) is 6.14. The fourth-order valence-electron chi connectivity index (χ4n) is 1.48. The predicted molar refractivity (Wildman–Crippen MR) is 58.8 cm³/mol. The second kappa shape index (κ2) is 3.54. The normalized spacial score (nSPS) is 11.3. The lowest BCUT2D eigenvalue weighted by atomic mass is 10.2. The van der Waals surface area contributed by atoms with Crippen molar-refractivity contribution in [3.8, 4) is 11.4 Å². The molecule has 3 nitrogen and oxygen atoms in total. The topological polar surface area (TPSA) is 43.9 Å². The highest BCUT2D eigenvalue weighted by atomic mass is 14.8. The van der Waals surface area contributed by atoms with Crippen LogP contribution in [-0.2, 0) is 0 Å². The number of aryl methyl sites for hydroxylation is 1. The summed E-state index contributed by atoms with van der Waals surface area (Å²) in [5.41, 5.74) is 4.48. The zero-order valence-corrected chi connectivity index (χ0v) is 8.33. The van der Waals surface area contributed by atoms with Crippen LogP contribution in [0.15, 0.2) is 29.4 Å². The van der Waals surface area contributed by atoms with Crippen molar-refractivity contribution in [2.24, 2.45) is 4.99 Å². The van der Waals surface area contributed by atoms with Crippen LogP contribution in [-0.4, -0.2) is 23.2 Å². The van der Waals surface area contributed by atoms with E-state index in [1.807, 2.05) is 24.5 Å². The highest BCUT2D eigenvalue weighted by molar-refractivity contribution is 5.81. The van der Waals surface area contributed by atoms with E-state index in [1.54, 1.807) is 7.05 Å². The molecule has 0 saturated carbocycles. The summed E-state index contributed by atoms with van der Waals surface area (Å²) >= 11 is 0. The van der Waals surface area contributed by atoms with Gasteiger partial charge in [0.25, 0.3) is 0 Å². The summed E-state index contributed by atoms with van der Waals surface area (Å²) in [5, 5.41) is 0. The minimum absolute atomic E-state index is 1.07. The molecule has 14 heavy (non-hydrogen) atoms. The molecule has 0 fully saturated rings. The van der Waals surface area contributed by atoms with E-state index in [1.165, 1.54) is 5.56 Å². The molecule has 0 saturated heterocycles. The molecule has 0 radical (unpaired) electrons. The summed E-state index contributed by atoms with van der Waals surface area (Å²) in [7, 11) is 1.77. The van der Waals surface area contributed by atoms with Gasteiger partial charge < -0.3 is 9.97 Å². The number of nitrogens with one attached hydrogen (secondary N) is 2. The number of hydrogen-bond acceptors (Lipinski definition) is 1. The first kappa shape index (κ1) is 8.81. The molecule has 0 aliphatic rings. The summed E-state index contributed by atoms with van der Waals surface area (Å²) in [6.45, 7) is 2.07. The molecule has 0 aromatic carbocycles. The zero-order chi connectivity index (χ0) is 9.97. The molecule has 0 atom stereocenters. The predicted octanol–water partition coefficient (Wildman–Crippen LogP) is 2.37. The summed E-state index contributed by atoms with van der Waals surface area (Å²) < 4.78 is 0. The van der Waals surface area contributed by atoms with Crippen LogP contribution in [0, 0.1) is 6.92 Å². The Morgan fingerprint density at radius 2 is 2.21 bits per heavy atom. The quantitative estimate of drug-likeness (QED) is 0.678. The molecular weight excluding hydrogens is 174 g/mol. The molecule has 72 valence electrons. The SMILES string of the molecule is CN=Cc1[nH]c(-c2ccc[nH]2)cc1C. The molecule has 2 N–H and O–H groups in total. The third-order valence-corrected chi connectivity index (χ3v) is 2.20. The van der Waals surface area contributed by atoms with Gasteiger partial charge in [-0.05, 0) is 30.7 Å².